The highest BCUT2D eigenvalue weighted by molar-refractivity contribution is 5.23. The Balaban J connectivity index is 2.23. The predicted molar refractivity (Wildman–Crippen MR) is 72.7 cm³/mol. The summed E-state index contributed by atoms with van der Waals surface area (Å²) < 4.78 is 27.7. The van der Waals surface area contributed by atoms with Gasteiger partial charge >= 0.3 is 0 Å². The van der Waals surface area contributed by atoms with Crippen molar-refractivity contribution in [2.24, 2.45) is 11.1 Å². The first-order valence-corrected chi connectivity index (χ1v) is 6.76. The van der Waals surface area contributed by atoms with Crippen LogP contribution < -0.4 is 5.73 Å². The van der Waals surface area contributed by atoms with Gasteiger partial charge in [0.15, 0.2) is 0 Å². The van der Waals surface area contributed by atoms with Crippen LogP contribution in [0, 0.1) is 17.0 Å². The minimum Gasteiger partial charge on any atom is -0.327 e. The summed E-state index contributed by atoms with van der Waals surface area (Å²) in [6.45, 7) is 7.60. The first-order valence-electron chi connectivity index (χ1n) is 6.76. The number of nitrogens with two attached hydrogens (primary N) is 1. The highest BCUT2D eigenvalue weighted by Gasteiger charge is 2.36. The van der Waals surface area contributed by atoms with Crippen molar-refractivity contribution in [1.82, 2.24) is 4.90 Å². The number of nitrogens with zero attached hydrogens (tertiary/aromatic N) is 1. The third-order valence-electron chi connectivity index (χ3n) is 4.31. The van der Waals surface area contributed by atoms with Gasteiger partial charge in [-0.25, -0.2) is 8.78 Å². The van der Waals surface area contributed by atoms with E-state index in [1.165, 1.54) is 18.2 Å². The molecule has 1 aliphatic rings. The average molecular weight is 268 g/mol. The third kappa shape index (κ3) is 2.79. The van der Waals surface area contributed by atoms with Gasteiger partial charge in [-0.05, 0) is 30.9 Å². The van der Waals surface area contributed by atoms with Gasteiger partial charge in [-0.3, -0.25) is 4.90 Å². The molecule has 2 atom stereocenters. The lowest BCUT2D eigenvalue weighted by molar-refractivity contribution is 0.0640. The van der Waals surface area contributed by atoms with Crippen LogP contribution in [0.2, 0.25) is 0 Å². The van der Waals surface area contributed by atoms with Gasteiger partial charge < -0.3 is 5.73 Å². The second kappa shape index (κ2) is 5.17. The lowest BCUT2D eigenvalue weighted by Crippen LogP contribution is -2.53. The Morgan fingerprint density at radius 2 is 1.89 bits per heavy atom. The van der Waals surface area contributed by atoms with E-state index in [1.807, 2.05) is 6.92 Å². The maximum Gasteiger partial charge on any atom is 0.130 e. The zero-order valence-corrected chi connectivity index (χ0v) is 11.8. The van der Waals surface area contributed by atoms with Crippen molar-refractivity contribution >= 4 is 0 Å². The van der Waals surface area contributed by atoms with E-state index >= 15 is 0 Å². The molecule has 0 amide bonds. The molecular formula is C15H22F2N2. The molecule has 1 aromatic rings. The lowest BCUT2D eigenvalue weighted by Gasteiger charge is -2.45. The fourth-order valence-corrected chi connectivity index (χ4v) is 2.84. The van der Waals surface area contributed by atoms with Crippen LogP contribution in [0.25, 0.3) is 0 Å². The lowest BCUT2D eigenvalue weighted by atomic mass is 9.79. The Labute approximate surface area is 113 Å². The van der Waals surface area contributed by atoms with Gasteiger partial charge in [0.2, 0.25) is 0 Å². The molecule has 0 aromatic heterocycles. The van der Waals surface area contributed by atoms with Gasteiger partial charge in [0, 0.05) is 30.7 Å². The molecule has 19 heavy (non-hydrogen) atoms. The average Bonchev–Trinajstić information content (AvgIpc) is 2.32. The van der Waals surface area contributed by atoms with Gasteiger partial charge in [-0.2, -0.15) is 0 Å². The molecule has 106 valence electrons. The molecule has 0 spiro atoms. The summed E-state index contributed by atoms with van der Waals surface area (Å²) in [7, 11) is 0. The van der Waals surface area contributed by atoms with Crippen LogP contribution in [-0.4, -0.2) is 24.0 Å². The highest BCUT2D eigenvalue weighted by atomic mass is 19.1. The van der Waals surface area contributed by atoms with E-state index in [0.717, 1.165) is 19.5 Å². The number of likely N-dealkylation sites (tertiary alicyclic amines) is 1. The first kappa shape index (κ1) is 14.4. The minimum absolute atomic E-state index is 0.0335. The minimum atomic E-state index is -0.472. The molecule has 0 saturated carbocycles. The maximum absolute atomic E-state index is 13.8. The van der Waals surface area contributed by atoms with Crippen molar-refractivity contribution in [3.8, 4) is 0 Å². The largest absolute Gasteiger partial charge is 0.327 e. The van der Waals surface area contributed by atoms with Crippen molar-refractivity contribution in [3.63, 3.8) is 0 Å². The molecule has 0 bridgehead atoms. The second-order valence-electron chi connectivity index (χ2n) is 6.17. The van der Waals surface area contributed by atoms with Crippen LogP contribution in [0.1, 0.15) is 38.8 Å². The number of rotatable bonds is 2. The molecule has 1 heterocycles. The molecule has 2 unspecified atom stereocenters. The molecule has 2 N–H and O–H groups in total. The zero-order chi connectivity index (χ0) is 14.2. The normalized spacial score (nSPS) is 25.3. The molecule has 2 rings (SSSR count). The Bertz CT molecular complexity index is 439. The molecule has 0 radical (unpaired) electrons. The number of hydrogen-bond acceptors (Lipinski definition) is 2. The Morgan fingerprint density at radius 1 is 1.32 bits per heavy atom. The van der Waals surface area contributed by atoms with Gasteiger partial charge in [-0.1, -0.05) is 19.9 Å². The van der Waals surface area contributed by atoms with E-state index < -0.39 is 11.6 Å². The SMILES string of the molecule is CC(c1c(F)cccc1F)N1CCC(N)C(C)(C)C1. The van der Waals surface area contributed by atoms with E-state index in [0.29, 0.717) is 0 Å². The summed E-state index contributed by atoms with van der Waals surface area (Å²) in [5, 5.41) is 0. The maximum atomic E-state index is 13.8. The van der Waals surface area contributed by atoms with E-state index in [9.17, 15) is 8.78 Å². The van der Waals surface area contributed by atoms with Crippen molar-refractivity contribution in [2.45, 2.75) is 39.3 Å². The second-order valence-corrected chi connectivity index (χ2v) is 6.17. The third-order valence-corrected chi connectivity index (χ3v) is 4.31. The molecular weight excluding hydrogens is 246 g/mol. The van der Waals surface area contributed by atoms with E-state index in [1.54, 1.807) is 0 Å². The fourth-order valence-electron chi connectivity index (χ4n) is 2.84. The molecule has 1 fully saturated rings. The Morgan fingerprint density at radius 3 is 2.42 bits per heavy atom. The smallest absolute Gasteiger partial charge is 0.130 e. The van der Waals surface area contributed by atoms with Crippen LogP contribution in [0.15, 0.2) is 18.2 Å². The first-order chi connectivity index (χ1) is 8.83. The summed E-state index contributed by atoms with van der Waals surface area (Å²) in [5.74, 6) is -0.944. The summed E-state index contributed by atoms with van der Waals surface area (Å²) in [6.07, 6.45) is 0.855. The Hall–Kier alpha value is -1.00. The van der Waals surface area contributed by atoms with Crippen LogP contribution in [0.3, 0.4) is 0 Å². The molecule has 4 heteroatoms. The van der Waals surface area contributed by atoms with Crippen molar-refractivity contribution in [3.05, 3.63) is 35.4 Å². The monoisotopic (exact) mass is 268 g/mol. The topological polar surface area (TPSA) is 29.3 Å². The van der Waals surface area contributed by atoms with Crippen molar-refractivity contribution in [2.75, 3.05) is 13.1 Å². The number of benzene rings is 1. The summed E-state index contributed by atoms with van der Waals surface area (Å²) in [6, 6.07) is 3.90. The zero-order valence-electron chi connectivity index (χ0n) is 11.8. The Kier molecular flexibility index (Phi) is 3.92. The number of halogens is 2. The standard InChI is InChI=1S/C15H22F2N2/c1-10(14-11(16)5-4-6-12(14)17)19-8-7-13(18)15(2,3)9-19/h4-6,10,13H,7-9,18H2,1-3H3. The summed E-state index contributed by atoms with van der Waals surface area (Å²) >= 11 is 0. The number of piperidine rings is 1. The molecule has 1 saturated heterocycles. The van der Waals surface area contributed by atoms with E-state index in [2.05, 4.69) is 18.7 Å². The summed E-state index contributed by atoms with van der Waals surface area (Å²) in [4.78, 5) is 2.12. The van der Waals surface area contributed by atoms with Crippen molar-refractivity contribution in [1.29, 1.82) is 0 Å². The fraction of sp³-hybridized carbons (Fsp3) is 0.600. The number of hydrogen-bond donors (Lipinski definition) is 1. The van der Waals surface area contributed by atoms with Crippen LogP contribution >= 0.6 is 0 Å². The molecule has 1 aliphatic heterocycles. The quantitative estimate of drug-likeness (QED) is 0.893. The highest BCUT2D eigenvalue weighted by Crippen LogP contribution is 2.34. The van der Waals surface area contributed by atoms with Gasteiger partial charge in [0.1, 0.15) is 11.6 Å². The van der Waals surface area contributed by atoms with Crippen LogP contribution in [-0.2, 0) is 0 Å². The van der Waals surface area contributed by atoms with E-state index in [4.69, 9.17) is 5.73 Å². The molecule has 2 nitrogen and oxygen atoms in total. The van der Waals surface area contributed by atoms with Crippen LogP contribution in [0.4, 0.5) is 8.78 Å². The predicted octanol–water partition coefficient (Wildman–Crippen LogP) is 3.09. The van der Waals surface area contributed by atoms with E-state index in [-0.39, 0.29) is 23.1 Å². The van der Waals surface area contributed by atoms with Gasteiger partial charge in [0.05, 0.1) is 0 Å². The van der Waals surface area contributed by atoms with Crippen molar-refractivity contribution < 1.29 is 8.78 Å². The van der Waals surface area contributed by atoms with Gasteiger partial charge in [-0.15, -0.1) is 0 Å². The van der Waals surface area contributed by atoms with Gasteiger partial charge in [0.25, 0.3) is 0 Å². The summed E-state index contributed by atoms with van der Waals surface area (Å²) in [5.41, 5.74) is 6.23. The molecule has 1 aromatic carbocycles. The van der Waals surface area contributed by atoms with Crippen LogP contribution in [0.5, 0.6) is 0 Å². The molecule has 0 aliphatic carbocycles.